The first-order valence-electron chi connectivity index (χ1n) is 3.26. The first kappa shape index (κ1) is 11.7. The molecule has 0 spiro atoms. The highest BCUT2D eigenvalue weighted by molar-refractivity contribution is 5.30. The maximum absolute atomic E-state index is 5.24. The van der Waals surface area contributed by atoms with Crippen molar-refractivity contribution in [1.29, 1.82) is 0 Å². The Kier molecular flexibility index (Phi) is 9.31. The fraction of sp³-hybridized carbons (Fsp3) is 0.375. The van der Waals surface area contributed by atoms with Gasteiger partial charge in [-0.15, -0.1) is 0 Å². The highest BCUT2D eigenvalue weighted by atomic mass is 14.9. The summed E-state index contributed by atoms with van der Waals surface area (Å²) in [5.74, 6) is 0.414. The summed E-state index contributed by atoms with van der Waals surface area (Å²) in [6, 6.07) is 0. The van der Waals surface area contributed by atoms with Crippen molar-refractivity contribution in [3.05, 3.63) is 24.0 Å². The van der Waals surface area contributed by atoms with Crippen LogP contribution in [-0.2, 0) is 0 Å². The quantitative estimate of drug-likeness (QED) is 0.463. The lowest BCUT2D eigenvalue weighted by molar-refractivity contribution is 1.24. The second kappa shape index (κ2) is 7.95. The molecule has 0 heterocycles. The normalized spacial score (nSPS) is 9.30. The van der Waals surface area contributed by atoms with Gasteiger partial charge in [-0.05, 0) is 19.7 Å². The molecule has 10 heavy (non-hydrogen) atoms. The van der Waals surface area contributed by atoms with Crippen LogP contribution in [-0.4, -0.2) is 6.72 Å². The number of allylic oxidation sites excluding steroid dienone is 2. The predicted molar refractivity (Wildman–Crippen MR) is 48.0 cm³/mol. The minimum Gasteiger partial charge on any atom is -0.384 e. The van der Waals surface area contributed by atoms with Crippen molar-refractivity contribution < 1.29 is 0 Å². The Balaban J connectivity index is 0. The Labute approximate surface area is 63.2 Å². The Bertz CT molecular complexity index is 134. The van der Waals surface area contributed by atoms with Gasteiger partial charge < -0.3 is 5.73 Å². The Hall–Kier alpha value is -1.05. The zero-order valence-electron chi connectivity index (χ0n) is 7.02. The van der Waals surface area contributed by atoms with Gasteiger partial charge in [0, 0.05) is 0 Å². The molecule has 0 saturated carbocycles. The molecule has 0 radical (unpaired) electrons. The van der Waals surface area contributed by atoms with Crippen LogP contribution in [0.5, 0.6) is 0 Å². The Morgan fingerprint density at radius 1 is 1.50 bits per heavy atom. The highest BCUT2D eigenvalue weighted by Crippen LogP contribution is 1.92. The Morgan fingerprint density at radius 3 is 2.00 bits per heavy atom. The van der Waals surface area contributed by atoms with E-state index in [9.17, 15) is 0 Å². The maximum Gasteiger partial charge on any atom is 0.122 e. The number of nitrogens with zero attached hydrogens (tertiary/aromatic N) is 1. The minimum atomic E-state index is 0.414. The number of hydrogen-bond donors (Lipinski definition) is 1. The van der Waals surface area contributed by atoms with Crippen LogP contribution in [0.25, 0.3) is 0 Å². The molecule has 0 amide bonds. The maximum atomic E-state index is 5.24. The van der Waals surface area contributed by atoms with Gasteiger partial charge in [0.05, 0.1) is 0 Å². The molecule has 2 nitrogen and oxygen atoms in total. The van der Waals surface area contributed by atoms with Gasteiger partial charge >= 0.3 is 0 Å². The zero-order chi connectivity index (χ0) is 8.57. The average Bonchev–Trinajstić information content (AvgIpc) is 1.91. The highest BCUT2D eigenvalue weighted by Gasteiger charge is 1.78. The molecule has 0 unspecified atom stereocenters. The van der Waals surface area contributed by atoms with E-state index in [1.165, 1.54) is 0 Å². The molecule has 0 aliphatic carbocycles. The molecule has 0 aliphatic heterocycles. The van der Waals surface area contributed by atoms with E-state index < -0.39 is 0 Å². The van der Waals surface area contributed by atoms with Crippen LogP contribution in [0.1, 0.15) is 20.8 Å². The summed E-state index contributed by atoms with van der Waals surface area (Å²) in [6.07, 6.45) is 1.66. The number of rotatable bonds is 2. The molecule has 0 rings (SSSR count). The molecule has 0 aromatic carbocycles. The van der Waals surface area contributed by atoms with E-state index >= 15 is 0 Å². The second-order valence-corrected chi connectivity index (χ2v) is 1.57. The van der Waals surface area contributed by atoms with E-state index in [1.54, 1.807) is 6.08 Å². The van der Waals surface area contributed by atoms with Gasteiger partial charge in [0.1, 0.15) is 5.82 Å². The summed E-state index contributed by atoms with van der Waals surface area (Å²) in [7, 11) is 0. The van der Waals surface area contributed by atoms with Crippen molar-refractivity contribution in [3.8, 4) is 0 Å². The van der Waals surface area contributed by atoms with Crippen molar-refractivity contribution in [2.45, 2.75) is 20.8 Å². The molecule has 0 bridgehead atoms. The van der Waals surface area contributed by atoms with E-state index in [0.29, 0.717) is 5.82 Å². The van der Waals surface area contributed by atoms with Crippen molar-refractivity contribution in [3.63, 3.8) is 0 Å². The Morgan fingerprint density at radius 2 is 1.90 bits per heavy atom. The second-order valence-electron chi connectivity index (χ2n) is 1.57. The topological polar surface area (TPSA) is 38.4 Å². The van der Waals surface area contributed by atoms with Crippen LogP contribution in [0.2, 0.25) is 0 Å². The molecule has 0 fully saturated rings. The largest absolute Gasteiger partial charge is 0.384 e. The smallest absolute Gasteiger partial charge is 0.122 e. The van der Waals surface area contributed by atoms with Crippen LogP contribution in [0, 0.1) is 0 Å². The average molecular weight is 140 g/mol. The lowest BCUT2D eigenvalue weighted by Gasteiger charge is -1.87. The van der Waals surface area contributed by atoms with Gasteiger partial charge in [-0.2, -0.15) is 0 Å². The summed E-state index contributed by atoms with van der Waals surface area (Å²) < 4.78 is 0. The number of hydrogen-bond acceptors (Lipinski definition) is 2. The summed E-state index contributed by atoms with van der Waals surface area (Å²) in [5, 5.41) is 0. The van der Waals surface area contributed by atoms with E-state index in [2.05, 4.69) is 18.3 Å². The summed E-state index contributed by atoms with van der Waals surface area (Å²) in [5.41, 5.74) is 6.13. The first-order chi connectivity index (χ1) is 4.66. The van der Waals surface area contributed by atoms with Crippen LogP contribution in [0.3, 0.4) is 0 Å². The van der Waals surface area contributed by atoms with Crippen LogP contribution < -0.4 is 5.73 Å². The van der Waals surface area contributed by atoms with Gasteiger partial charge in [0.2, 0.25) is 0 Å². The first-order valence-corrected chi connectivity index (χ1v) is 3.26. The molecule has 2 heteroatoms. The summed E-state index contributed by atoms with van der Waals surface area (Å²) >= 11 is 0. The lowest BCUT2D eigenvalue weighted by atomic mass is 10.3. The predicted octanol–water partition coefficient (Wildman–Crippen LogP) is 2.09. The summed E-state index contributed by atoms with van der Waals surface area (Å²) in [6.45, 7) is 12.7. The van der Waals surface area contributed by atoms with Gasteiger partial charge in [0.25, 0.3) is 0 Å². The van der Waals surface area contributed by atoms with Gasteiger partial charge in [0.15, 0.2) is 0 Å². The molecular weight excluding hydrogens is 124 g/mol. The summed E-state index contributed by atoms with van der Waals surface area (Å²) in [4.78, 5) is 3.46. The third-order valence-corrected chi connectivity index (χ3v) is 0.577. The molecule has 0 saturated heterocycles. The molecule has 0 atom stereocenters. The number of nitrogens with two attached hydrogens (primary N) is 1. The standard InChI is InChI=1S/C6H10N2.C2H6/c1-5(2)4-6(7)8-3;1-2/h4H,1,3,7H2,2H3;1-2H3/b6-4-;. The SMILES string of the molecule is C=N/C(N)=C\C(=C)C.CC. The number of aliphatic imine (C=N–C) groups is 1. The lowest BCUT2D eigenvalue weighted by Crippen LogP contribution is -1.91. The molecular formula is C8H16N2. The van der Waals surface area contributed by atoms with Gasteiger partial charge in [-0.25, -0.2) is 4.99 Å². The fourth-order valence-electron chi connectivity index (χ4n) is 0.298. The molecule has 0 aromatic heterocycles. The fourth-order valence-corrected chi connectivity index (χ4v) is 0.298. The minimum absolute atomic E-state index is 0.414. The van der Waals surface area contributed by atoms with Crippen molar-refractivity contribution in [2.24, 2.45) is 10.7 Å². The zero-order valence-corrected chi connectivity index (χ0v) is 7.02. The van der Waals surface area contributed by atoms with Crippen LogP contribution in [0.15, 0.2) is 29.0 Å². The van der Waals surface area contributed by atoms with E-state index in [-0.39, 0.29) is 0 Å². The van der Waals surface area contributed by atoms with E-state index in [4.69, 9.17) is 5.73 Å². The molecule has 0 aromatic rings. The van der Waals surface area contributed by atoms with Crippen molar-refractivity contribution in [1.82, 2.24) is 0 Å². The van der Waals surface area contributed by atoms with Crippen molar-refractivity contribution in [2.75, 3.05) is 0 Å². The van der Waals surface area contributed by atoms with Crippen LogP contribution >= 0.6 is 0 Å². The third kappa shape index (κ3) is 10.0. The van der Waals surface area contributed by atoms with Crippen LogP contribution in [0.4, 0.5) is 0 Å². The molecule has 0 aliphatic rings. The van der Waals surface area contributed by atoms with Gasteiger partial charge in [-0.1, -0.05) is 26.0 Å². The molecule has 58 valence electrons. The van der Waals surface area contributed by atoms with E-state index in [1.807, 2.05) is 20.8 Å². The third-order valence-electron chi connectivity index (χ3n) is 0.577. The molecule has 2 N–H and O–H groups in total. The van der Waals surface area contributed by atoms with Crippen molar-refractivity contribution >= 4 is 6.72 Å². The van der Waals surface area contributed by atoms with Gasteiger partial charge in [-0.3, -0.25) is 0 Å². The van der Waals surface area contributed by atoms with E-state index in [0.717, 1.165) is 5.57 Å². The monoisotopic (exact) mass is 140 g/mol.